The van der Waals surface area contributed by atoms with E-state index in [2.05, 4.69) is 0 Å². The Labute approximate surface area is 84.2 Å². The molecule has 80 valence electrons. The molecule has 1 aliphatic carbocycles. The maximum Gasteiger partial charge on any atom is 0.332 e. The highest BCUT2D eigenvalue weighted by atomic mass is 16.7. The molecule has 1 amide bonds. The molecule has 0 aliphatic heterocycles. The van der Waals surface area contributed by atoms with Crippen molar-refractivity contribution in [1.82, 2.24) is 5.06 Å². The smallest absolute Gasteiger partial charge is 0.332 e. The van der Waals surface area contributed by atoms with Gasteiger partial charge in [-0.2, -0.15) is 5.06 Å². The van der Waals surface area contributed by atoms with Gasteiger partial charge in [-0.25, -0.2) is 4.79 Å². The Bertz CT molecular complexity index is 200. The molecule has 0 aromatic rings. The zero-order valence-electron chi connectivity index (χ0n) is 8.57. The SMILES string of the molecule is CCC(=O)ON(C=O)C1CCCCC1. The van der Waals surface area contributed by atoms with Gasteiger partial charge in [-0.15, -0.1) is 0 Å². The Morgan fingerprint density at radius 2 is 2.07 bits per heavy atom. The van der Waals surface area contributed by atoms with E-state index in [1.165, 1.54) is 11.5 Å². The van der Waals surface area contributed by atoms with E-state index >= 15 is 0 Å². The molecule has 0 unspecified atom stereocenters. The molecule has 0 aromatic carbocycles. The largest absolute Gasteiger partial charge is 0.338 e. The van der Waals surface area contributed by atoms with Gasteiger partial charge in [0.2, 0.25) is 6.41 Å². The summed E-state index contributed by atoms with van der Waals surface area (Å²) in [4.78, 5) is 26.6. The average Bonchev–Trinajstić information content (AvgIpc) is 2.26. The van der Waals surface area contributed by atoms with Gasteiger partial charge >= 0.3 is 5.97 Å². The molecule has 0 N–H and O–H groups in total. The summed E-state index contributed by atoms with van der Waals surface area (Å²) in [5, 5.41) is 1.19. The summed E-state index contributed by atoms with van der Waals surface area (Å²) < 4.78 is 0. The van der Waals surface area contributed by atoms with Crippen LogP contribution in [0.4, 0.5) is 0 Å². The number of hydroxylamine groups is 2. The van der Waals surface area contributed by atoms with E-state index in [1.54, 1.807) is 6.92 Å². The van der Waals surface area contributed by atoms with Gasteiger partial charge in [-0.05, 0) is 12.8 Å². The Morgan fingerprint density at radius 1 is 1.43 bits per heavy atom. The van der Waals surface area contributed by atoms with E-state index < -0.39 is 0 Å². The van der Waals surface area contributed by atoms with Crippen LogP contribution in [0.25, 0.3) is 0 Å². The van der Waals surface area contributed by atoms with Crippen LogP contribution >= 0.6 is 0 Å². The molecule has 0 heterocycles. The molecule has 0 spiro atoms. The number of carbonyl (C=O) groups is 2. The highest BCUT2D eigenvalue weighted by molar-refractivity contribution is 5.69. The second kappa shape index (κ2) is 5.62. The number of hydrogen-bond donors (Lipinski definition) is 0. The van der Waals surface area contributed by atoms with Crippen LogP contribution < -0.4 is 0 Å². The van der Waals surface area contributed by atoms with Crippen molar-refractivity contribution >= 4 is 12.4 Å². The minimum Gasteiger partial charge on any atom is -0.338 e. The number of nitrogens with zero attached hydrogens (tertiary/aromatic N) is 1. The summed E-state index contributed by atoms with van der Waals surface area (Å²) in [5.41, 5.74) is 0. The van der Waals surface area contributed by atoms with Crippen molar-refractivity contribution in [2.24, 2.45) is 0 Å². The molecule has 1 saturated carbocycles. The monoisotopic (exact) mass is 199 g/mol. The summed E-state index contributed by atoms with van der Waals surface area (Å²) in [7, 11) is 0. The van der Waals surface area contributed by atoms with Gasteiger partial charge in [0.1, 0.15) is 0 Å². The van der Waals surface area contributed by atoms with Crippen LogP contribution in [-0.4, -0.2) is 23.5 Å². The molecule has 0 radical (unpaired) electrons. The Hall–Kier alpha value is -1.06. The average molecular weight is 199 g/mol. The summed E-state index contributed by atoms with van der Waals surface area (Å²) in [6.07, 6.45) is 6.23. The van der Waals surface area contributed by atoms with E-state index in [9.17, 15) is 9.59 Å². The zero-order chi connectivity index (χ0) is 10.4. The molecule has 14 heavy (non-hydrogen) atoms. The lowest BCUT2D eigenvalue weighted by Crippen LogP contribution is -2.37. The molecule has 1 fully saturated rings. The molecule has 0 atom stereocenters. The molecule has 0 aromatic heterocycles. The first-order valence-corrected chi connectivity index (χ1v) is 5.22. The van der Waals surface area contributed by atoms with Crippen LogP contribution in [0.5, 0.6) is 0 Å². The van der Waals surface area contributed by atoms with Crippen LogP contribution in [0.3, 0.4) is 0 Å². The van der Waals surface area contributed by atoms with E-state index in [1.807, 2.05) is 0 Å². The fourth-order valence-electron chi connectivity index (χ4n) is 1.70. The van der Waals surface area contributed by atoms with E-state index in [-0.39, 0.29) is 12.0 Å². The quantitative estimate of drug-likeness (QED) is 0.511. The highest BCUT2D eigenvalue weighted by Crippen LogP contribution is 2.21. The third-order valence-electron chi connectivity index (χ3n) is 2.53. The lowest BCUT2D eigenvalue weighted by atomic mass is 9.95. The molecule has 0 saturated heterocycles. The topological polar surface area (TPSA) is 46.6 Å². The summed E-state index contributed by atoms with van der Waals surface area (Å²) >= 11 is 0. The van der Waals surface area contributed by atoms with Gasteiger partial charge in [-0.1, -0.05) is 26.2 Å². The van der Waals surface area contributed by atoms with Crippen molar-refractivity contribution in [2.45, 2.75) is 51.5 Å². The molecule has 4 heteroatoms. The number of carbonyl (C=O) groups excluding carboxylic acids is 2. The van der Waals surface area contributed by atoms with Crippen LogP contribution in [0.1, 0.15) is 45.4 Å². The zero-order valence-corrected chi connectivity index (χ0v) is 8.57. The van der Waals surface area contributed by atoms with Crippen molar-refractivity contribution in [3.8, 4) is 0 Å². The van der Waals surface area contributed by atoms with Gasteiger partial charge in [0.25, 0.3) is 0 Å². The fraction of sp³-hybridized carbons (Fsp3) is 0.800. The lowest BCUT2D eigenvalue weighted by molar-refractivity contribution is -0.201. The van der Waals surface area contributed by atoms with Crippen molar-refractivity contribution in [2.75, 3.05) is 0 Å². The third-order valence-corrected chi connectivity index (χ3v) is 2.53. The number of hydrogen-bond acceptors (Lipinski definition) is 3. The predicted molar refractivity (Wildman–Crippen MR) is 51.2 cm³/mol. The van der Waals surface area contributed by atoms with E-state index in [0.29, 0.717) is 12.8 Å². The number of amides is 1. The summed E-state index contributed by atoms with van der Waals surface area (Å²) in [6, 6.07) is 0.0942. The van der Waals surface area contributed by atoms with Gasteiger partial charge < -0.3 is 4.84 Å². The van der Waals surface area contributed by atoms with Gasteiger partial charge in [0, 0.05) is 6.42 Å². The predicted octanol–water partition coefficient (Wildman–Crippen LogP) is 1.65. The number of rotatable bonds is 4. The van der Waals surface area contributed by atoms with Crippen LogP contribution in [-0.2, 0) is 14.4 Å². The van der Waals surface area contributed by atoms with Crippen molar-refractivity contribution < 1.29 is 14.4 Å². The van der Waals surface area contributed by atoms with E-state index in [0.717, 1.165) is 25.7 Å². The van der Waals surface area contributed by atoms with Gasteiger partial charge in [-0.3, -0.25) is 4.79 Å². The Kier molecular flexibility index (Phi) is 4.43. The molecular weight excluding hydrogens is 182 g/mol. The first-order valence-electron chi connectivity index (χ1n) is 5.22. The molecule has 0 bridgehead atoms. The van der Waals surface area contributed by atoms with Crippen LogP contribution in [0, 0.1) is 0 Å². The first-order chi connectivity index (χ1) is 6.77. The van der Waals surface area contributed by atoms with E-state index in [4.69, 9.17) is 4.84 Å². The van der Waals surface area contributed by atoms with Crippen molar-refractivity contribution in [3.63, 3.8) is 0 Å². The molecule has 1 aliphatic rings. The summed E-state index contributed by atoms with van der Waals surface area (Å²) in [5.74, 6) is -0.345. The van der Waals surface area contributed by atoms with Crippen LogP contribution in [0.2, 0.25) is 0 Å². The third kappa shape index (κ3) is 3.01. The highest BCUT2D eigenvalue weighted by Gasteiger charge is 2.22. The maximum absolute atomic E-state index is 11.0. The minimum atomic E-state index is -0.345. The van der Waals surface area contributed by atoms with Crippen LogP contribution in [0.15, 0.2) is 0 Å². The lowest BCUT2D eigenvalue weighted by Gasteiger charge is -2.29. The second-order valence-electron chi connectivity index (χ2n) is 3.57. The Morgan fingerprint density at radius 3 is 2.57 bits per heavy atom. The maximum atomic E-state index is 11.0. The van der Waals surface area contributed by atoms with Crippen molar-refractivity contribution in [3.05, 3.63) is 0 Å². The summed E-state index contributed by atoms with van der Waals surface area (Å²) in [6.45, 7) is 1.71. The van der Waals surface area contributed by atoms with Gasteiger partial charge in [0.15, 0.2) is 0 Å². The normalized spacial score (nSPS) is 17.5. The molecule has 1 rings (SSSR count). The molecule has 4 nitrogen and oxygen atoms in total. The minimum absolute atomic E-state index is 0.0942. The van der Waals surface area contributed by atoms with Crippen molar-refractivity contribution in [1.29, 1.82) is 0 Å². The second-order valence-corrected chi connectivity index (χ2v) is 3.57. The standard InChI is InChI=1S/C10H17NO3/c1-2-10(13)14-11(8-12)9-6-4-3-5-7-9/h8-9H,2-7H2,1H3. The van der Waals surface area contributed by atoms with Gasteiger partial charge in [0.05, 0.1) is 6.04 Å². The Balaban J connectivity index is 2.43. The molecular formula is C10H17NO3. The first kappa shape index (κ1) is 11.0. The fourth-order valence-corrected chi connectivity index (χ4v) is 1.70.